The van der Waals surface area contributed by atoms with Crippen molar-refractivity contribution in [3.05, 3.63) is 34.9 Å². The molecule has 1 aromatic rings. The summed E-state index contributed by atoms with van der Waals surface area (Å²) in [7, 11) is 3.84. The molecule has 1 saturated heterocycles. The third-order valence-corrected chi connectivity index (χ3v) is 6.64. The summed E-state index contributed by atoms with van der Waals surface area (Å²) in [6.45, 7) is 0.998. The number of aliphatic hydroxyl groups excluding tert-OH is 1. The van der Waals surface area contributed by atoms with Crippen LogP contribution in [0.25, 0.3) is 0 Å². The summed E-state index contributed by atoms with van der Waals surface area (Å²) in [6, 6.07) is 4.49. The van der Waals surface area contributed by atoms with Crippen molar-refractivity contribution in [3.8, 4) is 11.5 Å². The van der Waals surface area contributed by atoms with Crippen LogP contribution in [-0.4, -0.2) is 54.3 Å². The van der Waals surface area contributed by atoms with Crippen LogP contribution in [0.15, 0.2) is 23.8 Å². The van der Waals surface area contributed by atoms with Crippen LogP contribution in [0, 0.1) is 0 Å². The molecule has 0 unspecified atom stereocenters. The Bertz CT molecular complexity index is 733. The molecule has 2 aliphatic carbocycles. The van der Waals surface area contributed by atoms with Gasteiger partial charge in [0.15, 0.2) is 11.5 Å². The number of likely N-dealkylation sites (N-methyl/N-ethyl adjacent to an activating group) is 1. The number of halogens is 1. The first-order valence-corrected chi connectivity index (χ1v) is 8.63. The van der Waals surface area contributed by atoms with Gasteiger partial charge in [-0.3, -0.25) is 4.90 Å². The predicted molar refractivity (Wildman–Crippen MR) is 87.6 cm³/mol. The zero-order chi connectivity index (χ0) is 15.9. The van der Waals surface area contributed by atoms with E-state index in [0.717, 1.165) is 30.9 Å². The first-order chi connectivity index (χ1) is 11.1. The molecular formula is C18H20ClNO3. The second kappa shape index (κ2) is 4.44. The minimum absolute atomic E-state index is 0.237. The van der Waals surface area contributed by atoms with Crippen LogP contribution in [0.1, 0.15) is 17.5 Å². The second-order valence-electron chi connectivity index (χ2n) is 7.15. The average molecular weight is 334 g/mol. The number of alkyl halides is 1. The van der Waals surface area contributed by atoms with Crippen LogP contribution < -0.4 is 9.47 Å². The van der Waals surface area contributed by atoms with E-state index in [9.17, 15) is 5.11 Å². The number of rotatable bonds is 1. The molecule has 0 radical (unpaired) electrons. The van der Waals surface area contributed by atoms with E-state index in [1.54, 1.807) is 7.11 Å². The zero-order valence-corrected chi connectivity index (χ0v) is 14.0. The van der Waals surface area contributed by atoms with Crippen molar-refractivity contribution in [3.63, 3.8) is 0 Å². The van der Waals surface area contributed by atoms with Crippen molar-refractivity contribution in [1.29, 1.82) is 0 Å². The zero-order valence-electron chi connectivity index (χ0n) is 13.3. The van der Waals surface area contributed by atoms with Crippen molar-refractivity contribution in [2.24, 2.45) is 0 Å². The molecule has 2 bridgehead atoms. The molecular weight excluding hydrogens is 314 g/mol. The molecule has 0 aromatic heterocycles. The number of aliphatic hydroxyl groups is 1. The minimum Gasteiger partial charge on any atom is -0.493 e. The SMILES string of the molecule is COc1ccc2c3c1O[C@@H]1[C@H](O)[C@@H](Cl)C=C4[C@@H](C2)N(C)CC[C@]431. The van der Waals surface area contributed by atoms with Gasteiger partial charge >= 0.3 is 0 Å². The molecule has 0 saturated carbocycles. The van der Waals surface area contributed by atoms with E-state index < -0.39 is 11.5 Å². The van der Waals surface area contributed by atoms with Gasteiger partial charge in [-0.2, -0.15) is 0 Å². The van der Waals surface area contributed by atoms with Crippen LogP contribution in [0.4, 0.5) is 0 Å². The van der Waals surface area contributed by atoms with E-state index in [4.69, 9.17) is 21.1 Å². The van der Waals surface area contributed by atoms with Gasteiger partial charge < -0.3 is 14.6 Å². The Kier molecular flexibility index (Phi) is 2.73. The minimum atomic E-state index is -0.701. The Balaban J connectivity index is 1.84. The number of benzene rings is 1. The van der Waals surface area contributed by atoms with Crippen molar-refractivity contribution in [2.75, 3.05) is 20.7 Å². The predicted octanol–water partition coefficient (Wildman–Crippen LogP) is 1.86. The lowest BCUT2D eigenvalue weighted by molar-refractivity contribution is -0.0105. The van der Waals surface area contributed by atoms with Gasteiger partial charge in [-0.15, -0.1) is 11.6 Å². The fraction of sp³-hybridized carbons (Fsp3) is 0.556. The molecule has 1 fully saturated rings. The lowest BCUT2D eigenvalue weighted by Crippen LogP contribution is -2.63. The summed E-state index contributed by atoms with van der Waals surface area (Å²) < 4.78 is 11.8. The molecule has 2 heterocycles. The molecule has 4 nitrogen and oxygen atoms in total. The summed E-state index contributed by atoms with van der Waals surface area (Å²) in [4.78, 5) is 2.40. The molecule has 122 valence electrons. The highest BCUT2D eigenvalue weighted by Crippen LogP contribution is 2.62. The van der Waals surface area contributed by atoms with Crippen LogP contribution in [-0.2, 0) is 11.8 Å². The van der Waals surface area contributed by atoms with E-state index >= 15 is 0 Å². The lowest BCUT2D eigenvalue weighted by Gasteiger charge is -2.54. The van der Waals surface area contributed by atoms with E-state index in [2.05, 4.69) is 24.1 Å². The molecule has 5 rings (SSSR count). The van der Waals surface area contributed by atoms with Crippen molar-refractivity contribution in [1.82, 2.24) is 4.90 Å². The van der Waals surface area contributed by atoms with Crippen molar-refractivity contribution in [2.45, 2.75) is 41.9 Å². The summed E-state index contributed by atoms with van der Waals surface area (Å²) >= 11 is 6.44. The second-order valence-corrected chi connectivity index (χ2v) is 7.65. The molecule has 0 amide bonds. The van der Waals surface area contributed by atoms with Crippen LogP contribution >= 0.6 is 11.6 Å². The molecule has 23 heavy (non-hydrogen) atoms. The number of ether oxygens (including phenoxy) is 2. The molecule has 5 heteroatoms. The van der Waals surface area contributed by atoms with Crippen molar-refractivity contribution >= 4 is 11.6 Å². The summed E-state index contributed by atoms with van der Waals surface area (Å²) in [5, 5.41) is 10.3. The summed E-state index contributed by atoms with van der Waals surface area (Å²) in [5.41, 5.74) is 3.65. The Morgan fingerprint density at radius 2 is 2.26 bits per heavy atom. The maximum atomic E-state index is 10.7. The first-order valence-electron chi connectivity index (χ1n) is 8.19. The topological polar surface area (TPSA) is 41.9 Å². The van der Waals surface area contributed by atoms with Crippen molar-refractivity contribution < 1.29 is 14.6 Å². The van der Waals surface area contributed by atoms with Crippen LogP contribution in [0.5, 0.6) is 11.5 Å². The molecule has 1 aromatic carbocycles. The fourth-order valence-corrected chi connectivity index (χ4v) is 5.47. The molecule has 1 N–H and O–H groups in total. The Labute approximate surface area is 140 Å². The maximum absolute atomic E-state index is 10.7. The Morgan fingerprint density at radius 3 is 3.04 bits per heavy atom. The highest BCUT2D eigenvalue weighted by Gasteiger charge is 2.63. The van der Waals surface area contributed by atoms with Gasteiger partial charge in [0.25, 0.3) is 0 Å². The highest BCUT2D eigenvalue weighted by atomic mass is 35.5. The van der Waals surface area contributed by atoms with E-state index in [-0.39, 0.29) is 11.5 Å². The Hall–Kier alpha value is -1.23. The van der Waals surface area contributed by atoms with Gasteiger partial charge in [0.2, 0.25) is 0 Å². The number of methoxy groups -OCH3 is 1. The van der Waals surface area contributed by atoms with Gasteiger partial charge in [0.1, 0.15) is 12.2 Å². The Morgan fingerprint density at radius 1 is 1.43 bits per heavy atom. The van der Waals surface area contributed by atoms with Crippen LogP contribution in [0.2, 0.25) is 0 Å². The number of nitrogens with zero attached hydrogens (tertiary/aromatic N) is 1. The maximum Gasteiger partial charge on any atom is 0.166 e. The fourth-order valence-electron chi connectivity index (χ4n) is 5.21. The largest absolute Gasteiger partial charge is 0.493 e. The third kappa shape index (κ3) is 1.50. The molecule has 1 spiro atoms. The lowest BCUT2D eigenvalue weighted by atomic mass is 9.56. The standard InChI is InChI=1S/C18H20ClNO3/c1-20-6-5-18-10-8-11(19)15(21)17(18)23-16-13(22-2)4-3-9(14(16)18)7-12(10)20/h3-4,8,11-12,15,17,21H,5-7H2,1-2H3/t11-,12+,15+,17+,18-/m0/s1. The molecule has 4 aliphatic rings. The van der Waals surface area contributed by atoms with Gasteiger partial charge in [-0.05, 0) is 43.6 Å². The van der Waals surface area contributed by atoms with E-state index in [1.807, 2.05) is 6.07 Å². The quantitative estimate of drug-likeness (QED) is 0.629. The number of likely N-dealkylation sites (tertiary alicyclic amines) is 1. The third-order valence-electron chi connectivity index (χ3n) is 6.26. The molecule has 2 aliphatic heterocycles. The van der Waals surface area contributed by atoms with Gasteiger partial charge in [0, 0.05) is 11.6 Å². The number of piperidine rings is 1. The number of hydrogen-bond acceptors (Lipinski definition) is 4. The molecule has 5 atom stereocenters. The summed E-state index contributed by atoms with van der Waals surface area (Å²) in [5.74, 6) is 1.57. The van der Waals surface area contributed by atoms with Gasteiger partial charge in [0.05, 0.1) is 17.9 Å². The van der Waals surface area contributed by atoms with Gasteiger partial charge in [-0.25, -0.2) is 0 Å². The highest BCUT2D eigenvalue weighted by molar-refractivity contribution is 6.22. The average Bonchev–Trinajstić information content (AvgIpc) is 2.89. The van der Waals surface area contributed by atoms with Gasteiger partial charge in [-0.1, -0.05) is 12.1 Å². The normalized spacial score (nSPS) is 40.3. The first kappa shape index (κ1) is 14.1. The van der Waals surface area contributed by atoms with E-state index in [1.165, 1.54) is 16.7 Å². The smallest absolute Gasteiger partial charge is 0.166 e. The van der Waals surface area contributed by atoms with Crippen LogP contribution in [0.3, 0.4) is 0 Å². The number of hydrogen-bond donors (Lipinski definition) is 1. The monoisotopic (exact) mass is 333 g/mol. The summed E-state index contributed by atoms with van der Waals surface area (Å²) in [6.07, 6.45) is 2.99. The van der Waals surface area contributed by atoms with E-state index in [0.29, 0.717) is 6.04 Å².